The monoisotopic (exact) mass is 328 g/mol. The van der Waals surface area contributed by atoms with Crippen molar-refractivity contribution in [2.45, 2.75) is 50.3 Å². The number of carbonyl (C=O) groups excluding carboxylic acids is 2. The first-order valence-electron chi connectivity index (χ1n) is 8.77. The second kappa shape index (κ2) is 5.59. The summed E-state index contributed by atoms with van der Waals surface area (Å²) in [7, 11) is 1.76. The molecule has 0 radical (unpaired) electrons. The van der Waals surface area contributed by atoms with Crippen LogP contribution in [0.25, 0.3) is 0 Å². The smallest absolute Gasteiger partial charge is 0.252 e. The van der Waals surface area contributed by atoms with Crippen LogP contribution in [0.3, 0.4) is 0 Å². The van der Waals surface area contributed by atoms with Crippen molar-refractivity contribution in [1.29, 1.82) is 0 Å². The Kier molecular flexibility index (Phi) is 3.64. The molecule has 2 amide bonds. The molecular formula is C19H24N2O3. The van der Waals surface area contributed by atoms with Gasteiger partial charge in [0.05, 0.1) is 6.04 Å². The van der Waals surface area contributed by atoms with Gasteiger partial charge in [-0.15, -0.1) is 0 Å². The number of benzene rings is 1. The second-order valence-electron chi connectivity index (χ2n) is 7.46. The molecule has 1 N–H and O–H groups in total. The highest BCUT2D eigenvalue weighted by molar-refractivity contribution is 5.87. The third kappa shape index (κ3) is 2.61. The number of nitrogens with one attached hydrogen (secondary N) is 1. The Morgan fingerprint density at radius 2 is 2.00 bits per heavy atom. The van der Waals surface area contributed by atoms with Gasteiger partial charge in [0.1, 0.15) is 6.61 Å². The topological polar surface area (TPSA) is 58.6 Å². The zero-order valence-electron chi connectivity index (χ0n) is 14.2. The maximum atomic E-state index is 13.0. The Morgan fingerprint density at radius 3 is 2.62 bits per heavy atom. The molecule has 1 aromatic carbocycles. The number of hydrogen-bond donors (Lipinski definition) is 1. The minimum Gasteiger partial charge on any atom is -0.356 e. The molecule has 2 saturated carbocycles. The number of aryl methyl sites for hydroxylation is 1. The summed E-state index contributed by atoms with van der Waals surface area (Å²) in [5.41, 5.74) is 2.05. The summed E-state index contributed by atoms with van der Waals surface area (Å²) in [5.74, 6) is 0.476. The summed E-state index contributed by atoms with van der Waals surface area (Å²) in [6.45, 7) is 1.97. The van der Waals surface area contributed by atoms with Gasteiger partial charge in [-0.1, -0.05) is 24.3 Å². The van der Waals surface area contributed by atoms with E-state index in [0.717, 1.165) is 24.0 Å². The minimum absolute atomic E-state index is 0.0107. The molecular weight excluding hydrogens is 304 g/mol. The number of likely N-dealkylation sites (N-methyl/N-ethyl adjacent to an activating group) is 1. The van der Waals surface area contributed by atoms with Crippen molar-refractivity contribution >= 4 is 11.8 Å². The molecule has 2 atom stereocenters. The van der Waals surface area contributed by atoms with Gasteiger partial charge in [-0.05, 0) is 49.7 Å². The molecule has 3 aliphatic rings. The lowest BCUT2D eigenvalue weighted by molar-refractivity contribution is -0.162. The van der Waals surface area contributed by atoms with Crippen molar-refractivity contribution in [2.24, 2.45) is 5.92 Å². The van der Waals surface area contributed by atoms with E-state index in [9.17, 15) is 9.59 Å². The first-order valence-corrected chi connectivity index (χ1v) is 8.77. The number of ether oxygens (including phenoxy) is 1. The molecule has 0 aromatic heterocycles. The van der Waals surface area contributed by atoms with Crippen molar-refractivity contribution in [3.05, 3.63) is 35.4 Å². The highest BCUT2D eigenvalue weighted by Crippen LogP contribution is 2.53. The molecule has 1 aliphatic heterocycles. The number of nitrogens with zero attached hydrogens (tertiary/aromatic N) is 1. The molecule has 1 saturated heterocycles. The standard InChI is InChI=1S/C19H24N2O3/c1-12-5-3-4-6-14(12)16-17(24-11-15(22)21(16)2)18(23)20-19(9-10-19)13-7-8-13/h3-6,13,16-17H,7-11H2,1-2H3,(H,20,23). The van der Waals surface area contributed by atoms with E-state index in [-0.39, 0.29) is 30.0 Å². The van der Waals surface area contributed by atoms with Crippen LogP contribution in [0.1, 0.15) is 42.9 Å². The Hall–Kier alpha value is -1.88. The van der Waals surface area contributed by atoms with E-state index in [1.165, 1.54) is 12.8 Å². The lowest BCUT2D eigenvalue weighted by Crippen LogP contribution is -2.55. The van der Waals surface area contributed by atoms with Gasteiger partial charge in [0.2, 0.25) is 5.91 Å². The highest BCUT2D eigenvalue weighted by Gasteiger charge is 2.56. The maximum Gasteiger partial charge on any atom is 0.252 e. The second-order valence-corrected chi connectivity index (χ2v) is 7.46. The van der Waals surface area contributed by atoms with Gasteiger partial charge in [-0.3, -0.25) is 9.59 Å². The quantitative estimate of drug-likeness (QED) is 0.919. The van der Waals surface area contributed by atoms with Crippen molar-refractivity contribution < 1.29 is 14.3 Å². The third-order valence-corrected chi connectivity index (χ3v) is 5.77. The Bertz CT molecular complexity index is 679. The summed E-state index contributed by atoms with van der Waals surface area (Å²) in [6, 6.07) is 7.51. The molecule has 1 aromatic rings. The van der Waals surface area contributed by atoms with Gasteiger partial charge in [-0.2, -0.15) is 0 Å². The van der Waals surface area contributed by atoms with Gasteiger partial charge < -0.3 is 15.0 Å². The predicted molar refractivity (Wildman–Crippen MR) is 89.3 cm³/mol. The van der Waals surface area contributed by atoms with E-state index in [1.807, 2.05) is 31.2 Å². The number of hydrogen-bond acceptors (Lipinski definition) is 3. The van der Waals surface area contributed by atoms with Crippen molar-refractivity contribution in [3.8, 4) is 0 Å². The first-order chi connectivity index (χ1) is 11.5. The molecule has 0 spiro atoms. The number of rotatable bonds is 4. The average Bonchev–Trinajstić information content (AvgIpc) is 3.44. The lowest BCUT2D eigenvalue weighted by Gasteiger charge is -2.39. The van der Waals surface area contributed by atoms with Crippen LogP contribution in [0.15, 0.2) is 24.3 Å². The van der Waals surface area contributed by atoms with Gasteiger partial charge in [0.25, 0.3) is 5.91 Å². The molecule has 3 fully saturated rings. The van der Waals surface area contributed by atoms with Crippen molar-refractivity contribution in [3.63, 3.8) is 0 Å². The molecule has 5 nitrogen and oxygen atoms in total. The van der Waals surface area contributed by atoms with Crippen LogP contribution in [-0.2, 0) is 14.3 Å². The maximum absolute atomic E-state index is 13.0. The molecule has 2 unspecified atom stereocenters. The largest absolute Gasteiger partial charge is 0.356 e. The fraction of sp³-hybridized carbons (Fsp3) is 0.579. The molecule has 1 heterocycles. The van der Waals surface area contributed by atoms with Gasteiger partial charge in [-0.25, -0.2) is 0 Å². The zero-order valence-corrected chi connectivity index (χ0v) is 14.2. The summed E-state index contributed by atoms with van der Waals surface area (Å²) >= 11 is 0. The van der Waals surface area contributed by atoms with Crippen LogP contribution < -0.4 is 5.32 Å². The van der Waals surface area contributed by atoms with Gasteiger partial charge in [0.15, 0.2) is 6.10 Å². The van der Waals surface area contributed by atoms with Crippen LogP contribution in [0.2, 0.25) is 0 Å². The van der Waals surface area contributed by atoms with E-state index < -0.39 is 6.10 Å². The SMILES string of the molecule is Cc1ccccc1C1C(C(=O)NC2(C3CC3)CC2)OCC(=O)N1C. The van der Waals surface area contributed by atoms with Crippen LogP contribution in [-0.4, -0.2) is 42.0 Å². The average molecular weight is 328 g/mol. The molecule has 2 aliphatic carbocycles. The first kappa shape index (κ1) is 15.6. The fourth-order valence-electron chi connectivity index (χ4n) is 3.94. The Morgan fingerprint density at radius 1 is 1.29 bits per heavy atom. The Balaban J connectivity index is 1.60. The minimum atomic E-state index is -0.648. The van der Waals surface area contributed by atoms with Crippen LogP contribution in [0, 0.1) is 12.8 Å². The molecule has 128 valence electrons. The van der Waals surface area contributed by atoms with Crippen LogP contribution in [0.5, 0.6) is 0 Å². The molecule has 5 heteroatoms. The number of morpholine rings is 1. The zero-order chi connectivity index (χ0) is 16.9. The van der Waals surface area contributed by atoms with Crippen LogP contribution in [0.4, 0.5) is 0 Å². The van der Waals surface area contributed by atoms with E-state index in [4.69, 9.17) is 4.74 Å². The van der Waals surface area contributed by atoms with Gasteiger partial charge in [0, 0.05) is 12.6 Å². The van der Waals surface area contributed by atoms with Crippen molar-refractivity contribution in [1.82, 2.24) is 10.2 Å². The third-order valence-electron chi connectivity index (χ3n) is 5.77. The predicted octanol–water partition coefficient (Wildman–Crippen LogP) is 1.95. The van der Waals surface area contributed by atoms with Gasteiger partial charge >= 0.3 is 0 Å². The number of carbonyl (C=O) groups is 2. The number of amides is 2. The van der Waals surface area contributed by atoms with E-state index in [2.05, 4.69) is 5.32 Å². The fourth-order valence-corrected chi connectivity index (χ4v) is 3.94. The highest BCUT2D eigenvalue weighted by atomic mass is 16.5. The molecule has 24 heavy (non-hydrogen) atoms. The summed E-state index contributed by atoms with van der Waals surface area (Å²) < 4.78 is 5.72. The summed E-state index contributed by atoms with van der Waals surface area (Å²) in [4.78, 5) is 26.8. The van der Waals surface area contributed by atoms with E-state index in [0.29, 0.717) is 5.92 Å². The normalized spacial score (nSPS) is 28.6. The molecule has 0 bridgehead atoms. The summed E-state index contributed by atoms with van der Waals surface area (Å²) in [5, 5.41) is 3.25. The lowest BCUT2D eigenvalue weighted by atomic mass is 9.93. The van der Waals surface area contributed by atoms with Crippen LogP contribution >= 0.6 is 0 Å². The van der Waals surface area contributed by atoms with E-state index >= 15 is 0 Å². The molecule has 4 rings (SSSR count). The summed E-state index contributed by atoms with van der Waals surface area (Å²) in [6.07, 6.45) is 3.92. The van der Waals surface area contributed by atoms with E-state index in [1.54, 1.807) is 11.9 Å². The Labute approximate surface area is 142 Å². The van der Waals surface area contributed by atoms with Crippen molar-refractivity contribution in [2.75, 3.05) is 13.7 Å².